The molecule has 0 fully saturated rings. The zero-order valence-corrected chi connectivity index (χ0v) is 19.2. The molecule has 0 spiro atoms. The van der Waals surface area contributed by atoms with E-state index in [1.807, 2.05) is 21.1 Å². The molecule has 1 aromatic rings. The number of unbranched alkanes of at least 4 members (excludes halogenated alkanes) is 4. The van der Waals surface area contributed by atoms with Gasteiger partial charge in [0.1, 0.15) is 0 Å². The molecule has 1 rings (SSSR count). The van der Waals surface area contributed by atoms with E-state index in [1.54, 1.807) is 0 Å². The molecule has 0 aliphatic carbocycles. The van der Waals surface area contributed by atoms with E-state index in [1.165, 1.54) is 12.1 Å². The van der Waals surface area contributed by atoms with Gasteiger partial charge in [0.15, 0.2) is 0 Å². The van der Waals surface area contributed by atoms with Crippen LogP contribution in [-0.2, 0) is 27.1 Å². The molecular weight excluding hydrogens is 425 g/mol. The van der Waals surface area contributed by atoms with Crippen LogP contribution in [0, 0.1) is 0 Å². The number of aliphatic carboxylic acids is 1. The minimum Gasteiger partial charge on any atom is -0.550 e. The summed E-state index contributed by atoms with van der Waals surface area (Å²) in [7, 11) is 5.80. The van der Waals surface area contributed by atoms with Crippen LogP contribution in [0.4, 0.5) is 13.2 Å². The van der Waals surface area contributed by atoms with E-state index < -0.39 is 23.8 Å². The fourth-order valence-corrected chi connectivity index (χ4v) is 3.32. The number of nitrogens with one attached hydrogen (secondary N) is 1. The number of carbonyl (C=O) groups excluding carboxylic acids is 2. The van der Waals surface area contributed by atoms with Crippen molar-refractivity contribution in [3.63, 3.8) is 0 Å². The molecule has 0 aromatic heterocycles. The SMILES string of the molecule is C[N+](C)(C)C[C@@H](CC(=O)[O-])NC(=O)CCCCCCCOCc1ccc(C(F)(F)F)cc1. The van der Waals surface area contributed by atoms with Crippen molar-refractivity contribution >= 4 is 11.9 Å². The standard InChI is InChI=1S/C23H35F3N2O4/c1-28(2,3)16-20(15-22(30)31)27-21(29)9-7-5-4-6-8-14-32-17-18-10-12-19(13-11-18)23(24,25)26/h10-13,20H,4-9,14-17H2,1-3H3,(H-,27,29,30,31)/t20-/m1/s1. The minimum absolute atomic E-state index is 0.149. The maximum Gasteiger partial charge on any atom is 0.416 e. The van der Waals surface area contributed by atoms with Gasteiger partial charge in [-0.3, -0.25) is 4.79 Å². The number of alkyl halides is 3. The Labute approximate surface area is 188 Å². The Kier molecular flexibility index (Phi) is 11.7. The number of quaternary nitrogens is 1. The highest BCUT2D eigenvalue weighted by molar-refractivity contribution is 5.77. The van der Waals surface area contributed by atoms with Crippen LogP contribution < -0.4 is 10.4 Å². The van der Waals surface area contributed by atoms with Crippen LogP contribution in [-0.4, -0.2) is 56.7 Å². The monoisotopic (exact) mass is 460 g/mol. The summed E-state index contributed by atoms with van der Waals surface area (Å²) in [4.78, 5) is 23.0. The number of hydrogen-bond donors (Lipinski definition) is 1. The smallest absolute Gasteiger partial charge is 0.416 e. The Morgan fingerprint density at radius 3 is 2.19 bits per heavy atom. The first-order valence-electron chi connectivity index (χ1n) is 10.9. The van der Waals surface area contributed by atoms with Gasteiger partial charge < -0.3 is 24.4 Å². The molecule has 0 heterocycles. The number of carboxylic acids is 1. The van der Waals surface area contributed by atoms with Crippen LogP contribution in [0.5, 0.6) is 0 Å². The quantitative estimate of drug-likeness (QED) is 0.323. The second-order valence-electron chi connectivity index (χ2n) is 9.08. The average molecular weight is 461 g/mol. The molecule has 6 nitrogen and oxygen atoms in total. The first kappa shape index (κ1) is 27.9. The van der Waals surface area contributed by atoms with E-state index in [2.05, 4.69) is 5.32 Å². The Balaban J connectivity index is 2.11. The molecule has 1 atom stereocenters. The van der Waals surface area contributed by atoms with E-state index in [0.717, 1.165) is 44.2 Å². The first-order valence-corrected chi connectivity index (χ1v) is 10.9. The minimum atomic E-state index is -4.33. The second kappa shape index (κ2) is 13.4. The molecule has 0 aliphatic rings. The first-order chi connectivity index (χ1) is 14.9. The van der Waals surface area contributed by atoms with Crippen LogP contribution in [0.1, 0.15) is 56.1 Å². The molecule has 0 saturated carbocycles. The molecular formula is C23H35F3N2O4. The predicted molar refractivity (Wildman–Crippen MR) is 113 cm³/mol. The van der Waals surface area contributed by atoms with Crippen molar-refractivity contribution in [2.45, 2.75) is 63.8 Å². The highest BCUT2D eigenvalue weighted by atomic mass is 19.4. The highest BCUT2D eigenvalue weighted by Crippen LogP contribution is 2.29. The van der Waals surface area contributed by atoms with Gasteiger partial charge in [0.2, 0.25) is 5.91 Å². The molecule has 0 aliphatic heterocycles. The van der Waals surface area contributed by atoms with E-state index in [9.17, 15) is 27.9 Å². The third-order valence-corrected chi connectivity index (χ3v) is 4.79. The van der Waals surface area contributed by atoms with Crippen LogP contribution in [0.25, 0.3) is 0 Å². The number of likely N-dealkylation sites (N-methyl/N-ethyl adjacent to an activating group) is 1. The van der Waals surface area contributed by atoms with Crippen LogP contribution in [0.15, 0.2) is 24.3 Å². The summed E-state index contributed by atoms with van der Waals surface area (Å²) in [5.41, 5.74) is 0.0315. The number of nitrogens with zero attached hydrogens (tertiary/aromatic N) is 1. The summed E-state index contributed by atoms with van der Waals surface area (Å²) < 4.78 is 43.6. The van der Waals surface area contributed by atoms with E-state index in [-0.39, 0.29) is 18.9 Å². The number of ether oxygens (including phenoxy) is 1. The Morgan fingerprint density at radius 1 is 1.03 bits per heavy atom. The predicted octanol–water partition coefficient (Wildman–Crippen LogP) is 2.89. The number of hydrogen-bond acceptors (Lipinski definition) is 4. The number of halogens is 3. The van der Waals surface area contributed by atoms with Crippen molar-refractivity contribution in [1.82, 2.24) is 5.32 Å². The lowest BCUT2D eigenvalue weighted by Gasteiger charge is -2.30. The summed E-state index contributed by atoms with van der Waals surface area (Å²) in [6.45, 7) is 1.31. The summed E-state index contributed by atoms with van der Waals surface area (Å²) in [6.07, 6.45) is 0.140. The molecule has 32 heavy (non-hydrogen) atoms. The maximum atomic E-state index is 12.5. The van der Waals surface area contributed by atoms with Crippen molar-refractivity contribution in [2.75, 3.05) is 34.3 Å². The van der Waals surface area contributed by atoms with Gasteiger partial charge >= 0.3 is 6.18 Å². The van der Waals surface area contributed by atoms with Gasteiger partial charge in [-0.25, -0.2) is 0 Å². The van der Waals surface area contributed by atoms with E-state index in [4.69, 9.17) is 4.74 Å². The zero-order valence-electron chi connectivity index (χ0n) is 19.2. The van der Waals surface area contributed by atoms with E-state index in [0.29, 0.717) is 29.6 Å². The summed E-state index contributed by atoms with van der Waals surface area (Å²) >= 11 is 0. The van der Waals surface area contributed by atoms with Gasteiger partial charge in [-0.15, -0.1) is 0 Å². The second-order valence-corrected chi connectivity index (χ2v) is 9.08. The van der Waals surface area contributed by atoms with Crippen LogP contribution in [0.3, 0.4) is 0 Å². The molecule has 182 valence electrons. The zero-order chi connectivity index (χ0) is 24.2. The van der Waals surface area contributed by atoms with Crippen LogP contribution >= 0.6 is 0 Å². The van der Waals surface area contributed by atoms with Gasteiger partial charge in [-0.05, 0) is 30.5 Å². The normalized spacial score (nSPS) is 13.1. The number of carbonyl (C=O) groups is 2. The highest BCUT2D eigenvalue weighted by Gasteiger charge is 2.29. The molecule has 9 heteroatoms. The fraction of sp³-hybridized carbons (Fsp3) is 0.652. The summed E-state index contributed by atoms with van der Waals surface area (Å²) in [5.74, 6) is -1.33. The number of rotatable bonds is 15. The Hall–Kier alpha value is -2.13. The van der Waals surface area contributed by atoms with Crippen molar-refractivity contribution in [2.24, 2.45) is 0 Å². The van der Waals surface area contributed by atoms with Gasteiger partial charge in [0.25, 0.3) is 0 Å². The maximum absolute atomic E-state index is 12.5. The molecule has 0 bridgehead atoms. The van der Waals surface area contributed by atoms with Crippen molar-refractivity contribution in [3.05, 3.63) is 35.4 Å². The third kappa shape index (κ3) is 13.3. The third-order valence-electron chi connectivity index (χ3n) is 4.79. The molecule has 0 unspecified atom stereocenters. The van der Waals surface area contributed by atoms with Gasteiger partial charge in [-0.2, -0.15) is 13.2 Å². The topological polar surface area (TPSA) is 78.5 Å². The number of carboxylic acid groups (broad SMARTS) is 1. The molecule has 0 radical (unpaired) electrons. The van der Waals surface area contributed by atoms with E-state index >= 15 is 0 Å². The van der Waals surface area contributed by atoms with Crippen molar-refractivity contribution in [1.29, 1.82) is 0 Å². The average Bonchev–Trinajstić information content (AvgIpc) is 2.64. The Morgan fingerprint density at radius 2 is 1.62 bits per heavy atom. The lowest BCUT2D eigenvalue weighted by atomic mass is 10.1. The molecule has 1 aromatic carbocycles. The van der Waals surface area contributed by atoms with Crippen LogP contribution in [0.2, 0.25) is 0 Å². The summed E-state index contributed by atoms with van der Waals surface area (Å²) in [6, 6.07) is 4.50. The van der Waals surface area contributed by atoms with Crippen molar-refractivity contribution in [3.8, 4) is 0 Å². The fourth-order valence-electron chi connectivity index (χ4n) is 3.32. The van der Waals surface area contributed by atoms with Gasteiger partial charge in [0, 0.05) is 25.4 Å². The largest absolute Gasteiger partial charge is 0.550 e. The van der Waals surface area contributed by atoms with Gasteiger partial charge in [0.05, 0.1) is 45.9 Å². The molecule has 1 amide bonds. The lowest BCUT2D eigenvalue weighted by molar-refractivity contribution is -0.871. The molecule has 1 N–H and O–H groups in total. The molecule has 0 saturated heterocycles. The lowest BCUT2D eigenvalue weighted by Crippen LogP contribution is -2.50. The number of benzene rings is 1. The summed E-state index contributed by atoms with van der Waals surface area (Å²) in [5, 5.41) is 13.7. The Bertz CT molecular complexity index is 701. The van der Waals surface area contributed by atoms with Gasteiger partial charge in [-0.1, -0.05) is 31.4 Å². The number of amides is 1. The van der Waals surface area contributed by atoms with Crippen molar-refractivity contribution < 1.29 is 37.1 Å².